The fourth-order valence-electron chi connectivity index (χ4n) is 1.72. The maximum atomic E-state index is 9.93. The molecular weight excluding hydrogens is 464 g/mol. The van der Waals surface area contributed by atoms with Gasteiger partial charge in [0, 0.05) is 16.5 Å². The van der Waals surface area contributed by atoms with E-state index in [1.165, 1.54) is 10.5 Å². The molecule has 136 valence electrons. The molecule has 0 heterocycles. The molecule has 0 amide bonds. The van der Waals surface area contributed by atoms with E-state index in [1.54, 1.807) is 7.11 Å². The van der Waals surface area contributed by atoms with E-state index in [4.69, 9.17) is 4.74 Å². The predicted molar refractivity (Wildman–Crippen MR) is 87.1 cm³/mol. The zero-order valence-electron chi connectivity index (χ0n) is 12.9. The van der Waals surface area contributed by atoms with Gasteiger partial charge in [0.15, 0.2) is 4.90 Å². The number of rotatable bonds is 4. The molecule has 0 spiro atoms. The Kier molecular flexibility index (Phi) is 6.20. The average molecular weight is 481 g/mol. The summed E-state index contributed by atoms with van der Waals surface area (Å²) in [6.45, 7) is 0. The van der Waals surface area contributed by atoms with E-state index >= 15 is 0 Å². The summed E-state index contributed by atoms with van der Waals surface area (Å²) < 4.78 is 64.7. The third kappa shape index (κ3) is 11.5. The zero-order chi connectivity index (χ0) is 18.5. The zero-order valence-corrected chi connectivity index (χ0v) is 16.3. The summed E-state index contributed by atoms with van der Waals surface area (Å²) in [5.74, 6) is 2.03. The first-order chi connectivity index (χ1) is 10.7. The minimum atomic E-state index is -11.2. The molecule has 1 unspecified atom stereocenters. The molecule has 0 bridgehead atoms. The Morgan fingerprint density at radius 1 is 0.833 bits per heavy atom. The first kappa shape index (κ1) is 21.0. The molecular formula is C15H17F6OSSb. The van der Waals surface area contributed by atoms with Crippen LogP contribution in [-0.4, -0.2) is 32.8 Å². The van der Waals surface area contributed by atoms with Crippen LogP contribution in [0.15, 0.2) is 59.5 Å². The standard InChI is InChI=1S/C15H17OS.6FH.Sb/c1-16-14-8-10-15(11-9-14)17(2)12-13-6-4-3-5-7-13;;;;;;;/h3-11H,12H2,1-2H3;6*1H;/q+1;;;;;;;+5/p-6. The molecule has 0 fully saturated rings. The van der Waals surface area contributed by atoms with Gasteiger partial charge in [-0.25, -0.2) is 0 Å². The van der Waals surface area contributed by atoms with Crippen LogP contribution in [0, 0.1) is 0 Å². The second-order valence-corrected chi connectivity index (χ2v) is 12.4. The molecule has 9 heteroatoms. The van der Waals surface area contributed by atoms with Crippen LogP contribution in [0.3, 0.4) is 0 Å². The van der Waals surface area contributed by atoms with Gasteiger partial charge >= 0.3 is 36.4 Å². The van der Waals surface area contributed by atoms with Gasteiger partial charge in [0.05, 0.1) is 7.11 Å². The summed E-state index contributed by atoms with van der Waals surface area (Å²) in [5, 5.41) is 0. The van der Waals surface area contributed by atoms with Crippen molar-refractivity contribution in [2.24, 2.45) is 0 Å². The Balaban J connectivity index is 0.000000351. The first-order valence-electron chi connectivity index (χ1n) is 6.61. The average Bonchev–Trinajstić information content (AvgIpc) is 2.45. The van der Waals surface area contributed by atoms with Crippen LogP contribution in [-0.2, 0) is 16.6 Å². The Labute approximate surface area is 141 Å². The molecule has 0 radical (unpaired) electrons. The van der Waals surface area contributed by atoms with Gasteiger partial charge in [-0.15, -0.1) is 0 Å². The normalized spacial score (nSPS) is 15.3. The van der Waals surface area contributed by atoms with Gasteiger partial charge < -0.3 is 4.74 Å². The summed E-state index contributed by atoms with van der Waals surface area (Å²) in [7, 11) is 1.95. The van der Waals surface area contributed by atoms with Crippen molar-refractivity contribution in [1.29, 1.82) is 0 Å². The Bertz CT molecular complexity index is 632. The van der Waals surface area contributed by atoms with Crippen molar-refractivity contribution >= 4 is 30.4 Å². The van der Waals surface area contributed by atoms with Crippen LogP contribution in [0.2, 0.25) is 0 Å². The predicted octanol–water partition coefficient (Wildman–Crippen LogP) is 5.64. The van der Waals surface area contributed by atoms with Gasteiger partial charge in [0.1, 0.15) is 17.8 Å². The van der Waals surface area contributed by atoms with Gasteiger partial charge in [0.2, 0.25) is 0 Å². The van der Waals surface area contributed by atoms with E-state index in [0.29, 0.717) is 0 Å². The Morgan fingerprint density at radius 2 is 1.29 bits per heavy atom. The van der Waals surface area contributed by atoms with Crippen LogP contribution in [0.5, 0.6) is 5.75 Å². The third-order valence-corrected chi connectivity index (χ3v) is 4.53. The minimum absolute atomic E-state index is 0.250. The molecule has 2 aromatic rings. The molecule has 1 nitrogen and oxygen atoms in total. The van der Waals surface area contributed by atoms with Crippen molar-refractivity contribution in [1.82, 2.24) is 0 Å². The van der Waals surface area contributed by atoms with Crippen molar-refractivity contribution in [3.63, 3.8) is 0 Å². The van der Waals surface area contributed by atoms with Gasteiger partial charge in [-0.1, -0.05) is 30.3 Å². The second kappa shape index (κ2) is 7.08. The number of halogens is 6. The van der Waals surface area contributed by atoms with E-state index in [2.05, 4.69) is 48.7 Å². The number of methoxy groups -OCH3 is 1. The van der Waals surface area contributed by atoms with Gasteiger partial charge in [0.25, 0.3) is 0 Å². The third-order valence-electron chi connectivity index (χ3n) is 2.69. The quantitative estimate of drug-likeness (QED) is 0.312. The molecule has 0 saturated heterocycles. The van der Waals surface area contributed by atoms with E-state index < -0.39 is 19.5 Å². The monoisotopic (exact) mass is 480 g/mol. The molecule has 0 aliphatic heterocycles. The number of hydrogen-bond acceptors (Lipinski definition) is 1. The molecule has 24 heavy (non-hydrogen) atoms. The van der Waals surface area contributed by atoms with E-state index in [-0.39, 0.29) is 10.9 Å². The molecule has 0 aromatic heterocycles. The fraction of sp³-hybridized carbons (Fsp3) is 0.200. The van der Waals surface area contributed by atoms with Crippen molar-refractivity contribution in [3.05, 3.63) is 60.2 Å². The van der Waals surface area contributed by atoms with Gasteiger partial charge in [-0.05, 0) is 24.3 Å². The Morgan fingerprint density at radius 3 is 1.71 bits per heavy atom. The summed E-state index contributed by atoms with van der Waals surface area (Å²) in [4.78, 5) is 1.38. The summed E-state index contributed by atoms with van der Waals surface area (Å²) in [6.07, 6.45) is 2.29. The molecule has 0 aliphatic carbocycles. The number of ether oxygens (including phenoxy) is 1. The number of hydrogen-bond donors (Lipinski definition) is 0. The number of benzene rings is 2. The van der Waals surface area contributed by atoms with E-state index in [0.717, 1.165) is 11.5 Å². The summed E-state index contributed by atoms with van der Waals surface area (Å²) in [5.41, 5.74) is 1.40. The second-order valence-electron chi connectivity index (χ2n) is 4.90. The molecule has 0 saturated carbocycles. The maximum absolute atomic E-state index is 11.2. The molecule has 1 atom stereocenters. The molecule has 0 aliphatic rings. The van der Waals surface area contributed by atoms with Crippen LogP contribution >= 0.6 is 0 Å². The van der Waals surface area contributed by atoms with Crippen LogP contribution < -0.4 is 4.74 Å². The SMILES string of the molecule is COc1ccc([S+](C)Cc2ccccc2)cc1.[F][Sb-]([F])([F])([F])([F])[F]. The van der Waals surface area contributed by atoms with E-state index in [1.807, 2.05) is 12.1 Å². The topological polar surface area (TPSA) is 9.23 Å². The molecule has 0 N–H and O–H groups in total. The van der Waals surface area contributed by atoms with Crippen molar-refractivity contribution in [2.75, 3.05) is 13.4 Å². The molecule has 2 rings (SSSR count). The van der Waals surface area contributed by atoms with E-state index in [9.17, 15) is 16.9 Å². The first-order valence-corrected chi connectivity index (χ1v) is 14.2. The fourth-order valence-corrected chi connectivity index (χ4v) is 3.18. The van der Waals surface area contributed by atoms with Crippen molar-refractivity contribution in [3.8, 4) is 5.75 Å². The molecule has 2 aromatic carbocycles. The van der Waals surface area contributed by atoms with Gasteiger partial charge in [-0.3, -0.25) is 0 Å². The van der Waals surface area contributed by atoms with Crippen LogP contribution in [0.1, 0.15) is 5.56 Å². The van der Waals surface area contributed by atoms with Gasteiger partial charge in [-0.2, -0.15) is 0 Å². The summed E-state index contributed by atoms with van der Waals surface area (Å²) >= 11 is -11.2. The summed E-state index contributed by atoms with van der Waals surface area (Å²) in [6, 6.07) is 19.0. The van der Waals surface area contributed by atoms with Crippen LogP contribution in [0.4, 0.5) is 16.9 Å². The van der Waals surface area contributed by atoms with Crippen molar-refractivity contribution in [2.45, 2.75) is 10.6 Å². The van der Waals surface area contributed by atoms with Crippen molar-refractivity contribution < 1.29 is 21.6 Å². The Hall–Kier alpha value is -1.01. The van der Waals surface area contributed by atoms with Crippen LogP contribution in [0.25, 0.3) is 0 Å².